The molecule has 20 heavy (non-hydrogen) atoms. The number of methoxy groups -OCH3 is 1. The molecule has 0 aromatic carbocycles. The van der Waals surface area contributed by atoms with Crippen molar-refractivity contribution in [2.24, 2.45) is 0 Å². The number of hydrogen-bond donors (Lipinski definition) is 1. The van der Waals surface area contributed by atoms with Crippen molar-refractivity contribution in [3.05, 3.63) is 28.5 Å². The highest BCUT2D eigenvalue weighted by Crippen LogP contribution is 2.36. The van der Waals surface area contributed by atoms with E-state index in [0.717, 1.165) is 36.9 Å². The molecular weight excluding hydrogens is 320 g/mol. The molecule has 3 rings (SSSR count). The number of hydrogen-bond acceptors (Lipinski definition) is 4. The van der Waals surface area contributed by atoms with Gasteiger partial charge in [-0.25, -0.2) is 0 Å². The van der Waals surface area contributed by atoms with Gasteiger partial charge >= 0.3 is 0 Å². The first-order valence-electron chi connectivity index (χ1n) is 7.18. The Hall–Kier alpha value is -0.490. The molecule has 1 aromatic heterocycles. The molecule has 1 aromatic rings. The van der Waals surface area contributed by atoms with Gasteiger partial charge in [0.05, 0.1) is 6.61 Å². The van der Waals surface area contributed by atoms with Gasteiger partial charge < -0.3 is 14.8 Å². The van der Waals surface area contributed by atoms with E-state index in [1.807, 2.05) is 6.20 Å². The van der Waals surface area contributed by atoms with E-state index >= 15 is 0 Å². The highest BCUT2D eigenvalue weighted by molar-refractivity contribution is 9.10. The van der Waals surface area contributed by atoms with Gasteiger partial charge in [-0.05, 0) is 40.9 Å². The second-order valence-corrected chi connectivity index (χ2v) is 6.75. The highest BCUT2D eigenvalue weighted by Gasteiger charge is 2.37. The van der Waals surface area contributed by atoms with E-state index in [1.165, 1.54) is 5.69 Å². The van der Waals surface area contributed by atoms with Crippen molar-refractivity contribution in [1.82, 2.24) is 10.3 Å². The van der Waals surface area contributed by atoms with Crippen molar-refractivity contribution in [2.45, 2.75) is 36.8 Å². The molecule has 1 atom stereocenters. The summed E-state index contributed by atoms with van der Waals surface area (Å²) < 4.78 is 12.1. The maximum absolute atomic E-state index is 5.64. The lowest BCUT2D eigenvalue weighted by atomic mass is 9.77. The van der Waals surface area contributed by atoms with Crippen LogP contribution in [0.4, 0.5) is 0 Å². The normalized spacial score (nSPS) is 33.1. The molecule has 2 aliphatic rings. The van der Waals surface area contributed by atoms with Gasteiger partial charge in [-0.15, -0.1) is 0 Å². The Kier molecular flexibility index (Phi) is 4.40. The third-order valence-electron chi connectivity index (χ3n) is 4.52. The number of pyridine rings is 1. The van der Waals surface area contributed by atoms with Crippen molar-refractivity contribution >= 4 is 15.9 Å². The fraction of sp³-hybridized carbons (Fsp3) is 0.667. The van der Waals surface area contributed by atoms with Crippen LogP contribution >= 0.6 is 15.9 Å². The summed E-state index contributed by atoms with van der Waals surface area (Å²) in [5.74, 6) is 0.596. The average molecular weight is 341 g/mol. The Balaban J connectivity index is 1.45. The van der Waals surface area contributed by atoms with Crippen LogP contribution < -0.4 is 5.32 Å². The Morgan fingerprint density at radius 1 is 1.50 bits per heavy atom. The molecule has 0 radical (unpaired) electrons. The zero-order valence-electron chi connectivity index (χ0n) is 11.8. The number of nitrogens with one attached hydrogen (secondary N) is 1. The fourth-order valence-electron chi connectivity index (χ4n) is 2.95. The Morgan fingerprint density at radius 2 is 2.35 bits per heavy atom. The Morgan fingerprint density at radius 3 is 2.95 bits per heavy atom. The maximum atomic E-state index is 5.64. The fourth-order valence-corrected chi connectivity index (χ4v) is 3.18. The quantitative estimate of drug-likeness (QED) is 0.894. The van der Waals surface area contributed by atoms with Crippen molar-refractivity contribution in [2.75, 3.05) is 26.9 Å². The van der Waals surface area contributed by atoms with Crippen LogP contribution in [0.25, 0.3) is 0 Å². The number of aromatic nitrogens is 1. The summed E-state index contributed by atoms with van der Waals surface area (Å²) in [6.07, 6.45) is 5.19. The van der Waals surface area contributed by atoms with E-state index in [9.17, 15) is 0 Å². The first-order valence-corrected chi connectivity index (χ1v) is 7.98. The number of halogens is 1. The van der Waals surface area contributed by atoms with Gasteiger partial charge in [0.1, 0.15) is 5.60 Å². The molecule has 4 nitrogen and oxygen atoms in total. The van der Waals surface area contributed by atoms with Crippen LogP contribution in [0.2, 0.25) is 0 Å². The van der Waals surface area contributed by atoms with Gasteiger partial charge in [0, 0.05) is 55.0 Å². The topological polar surface area (TPSA) is 43.4 Å². The van der Waals surface area contributed by atoms with Gasteiger partial charge in [0.2, 0.25) is 0 Å². The Bertz CT molecular complexity index is 440. The molecule has 1 unspecified atom stereocenters. The molecule has 0 spiro atoms. The predicted molar refractivity (Wildman–Crippen MR) is 80.9 cm³/mol. The van der Waals surface area contributed by atoms with Crippen molar-refractivity contribution < 1.29 is 9.47 Å². The molecule has 1 N–H and O–H groups in total. The largest absolute Gasteiger partial charge is 0.378 e. The van der Waals surface area contributed by atoms with Crippen LogP contribution in [0, 0.1) is 0 Å². The van der Waals surface area contributed by atoms with E-state index in [1.54, 1.807) is 7.11 Å². The summed E-state index contributed by atoms with van der Waals surface area (Å²) in [6.45, 7) is 2.40. The standard InChI is InChI=1S/C15H21BrN2O2/c1-19-15(4-5-20-10-15)9-18-13-6-11(7-13)14-3-2-12(16)8-17-14/h2-3,8,11,13,18H,4-7,9-10H2,1H3. The lowest BCUT2D eigenvalue weighted by Gasteiger charge is -2.38. The van der Waals surface area contributed by atoms with Gasteiger partial charge in [-0.2, -0.15) is 0 Å². The molecule has 0 bridgehead atoms. The van der Waals surface area contributed by atoms with Crippen LogP contribution in [0.15, 0.2) is 22.8 Å². The lowest BCUT2D eigenvalue weighted by molar-refractivity contribution is -0.0196. The molecule has 0 amide bonds. The van der Waals surface area contributed by atoms with Crippen LogP contribution in [-0.4, -0.2) is 43.5 Å². The van der Waals surface area contributed by atoms with Crippen molar-refractivity contribution in [3.8, 4) is 0 Å². The molecule has 1 aliphatic carbocycles. The number of ether oxygens (including phenoxy) is 2. The molecule has 1 saturated heterocycles. The van der Waals surface area contributed by atoms with Crippen LogP contribution in [-0.2, 0) is 9.47 Å². The van der Waals surface area contributed by atoms with E-state index < -0.39 is 0 Å². The van der Waals surface area contributed by atoms with Crippen LogP contribution in [0.5, 0.6) is 0 Å². The summed E-state index contributed by atoms with van der Waals surface area (Å²) in [5, 5.41) is 3.62. The summed E-state index contributed by atoms with van der Waals surface area (Å²) in [6, 6.07) is 4.77. The van der Waals surface area contributed by atoms with Gasteiger partial charge in [0.25, 0.3) is 0 Å². The maximum Gasteiger partial charge on any atom is 0.106 e. The smallest absolute Gasteiger partial charge is 0.106 e. The van der Waals surface area contributed by atoms with E-state index in [0.29, 0.717) is 18.6 Å². The van der Waals surface area contributed by atoms with Crippen LogP contribution in [0.1, 0.15) is 30.9 Å². The molecule has 2 fully saturated rings. The van der Waals surface area contributed by atoms with Crippen molar-refractivity contribution in [1.29, 1.82) is 0 Å². The zero-order valence-corrected chi connectivity index (χ0v) is 13.4. The van der Waals surface area contributed by atoms with Gasteiger partial charge in [-0.1, -0.05) is 0 Å². The van der Waals surface area contributed by atoms with E-state index in [2.05, 4.69) is 38.4 Å². The highest BCUT2D eigenvalue weighted by atomic mass is 79.9. The Labute approximate surface area is 128 Å². The first kappa shape index (κ1) is 14.4. The summed E-state index contributed by atoms with van der Waals surface area (Å²) in [4.78, 5) is 4.48. The lowest BCUT2D eigenvalue weighted by Crippen LogP contribution is -2.49. The summed E-state index contributed by atoms with van der Waals surface area (Å²) >= 11 is 3.42. The molecule has 5 heteroatoms. The minimum absolute atomic E-state index is 0.110. The first-order chi connectivity index (χ1) is 9.71. The average Bonchev–Trinajstić information content (AvgIpc) is 2.88. The van der Waals surface area contributed by atoms with Crippen LogP contribution in [0.3, 0.4) is 0 Å². The summed E-state index contributed by atoms with van der Waals surface area (Å²) in [5.41, 5.74) is 1.10. The SMILES string of the molecule is COC1(CNC2CC(c3ccc(Br)cn3)C2)CCOC1. The van der Waals surface area contributed by atoms with E-state index in [-0.39, 0.29) is 5.60 Å². The molecule has 110 valence electrons. The van der Waals surface area contributed by atoms with E-state index in [4.69, 9.17) is 9.47 Å². The second kappa shape index (κ2) is 6.10. The monoisotopic (exact) mass is 340 g/mol. The molecule has 1 aliphatic heterocycles. The van der Waals surface area contributed by atoms with Gasteiger partial charge in [-0.3, -0.25) is 4.98 Å². The molecule has 1 saturated carbocycles. The second-order valence-electron chi connectivity index (χ2n) is 5.84. The minimum atomic E-state index is -0.110. The minimum Gasteiger partial charge on any atom is -0.378 e. The summed E-state index contributed by atoms with van der Waals surface area (Å²) in [7, 11) is 1.78. The van der Waals surface area contributed by atoms with Crippen molar-refractivity contribution in [3.63, 3.8) is 0 Å². The molecular formula is C15H21BrN2O2. The number of nitrogens with zero attached hydrogens (tertiary/aromatic N) is 1. The van der Waals surface area contributed by atoms with Gasteiger partial charge in [0.15, 0.2) is 0 Å². The third-order valence-corrected chi connectivity index (χ3v) is 4.99. The third kappa shape index (κ3) is 3.06. The zero-order chi connectivity index (χ0) is 14.0. The number of rotatable bonds is 5. The predicted octanol–water partition coefficient (Wildman–Crippen LogP) is 2.49. The molecule has 2 heterocycles.